The molecule has 0 amide bonds. The third-order valence-corrected chi connectivity index (χ3v) is 7.43. The van der Waals surface area contributed by atoms with E-state index in [4.69, 9.17) is 0 Å². The van der Waals surface area contributed by atoms with Gasteiger partial charge in [-0.15, -0.1) is 6.58 Å². The first-order valence-electron chi connectivity index (χ1n) is 8.76. The molecule has 0 saturated heterocycles. The van der Waals surface area contributed by atoms with Gasteiger partial charge in [-0.3, -0.25) is 0 Å². The Morgan fingerprint density at radius 1 is 1.14 bits per heavy atom. The highest BCUT2D eigenvalue weighted by Gasteiger charge is 2.56. The van der Waals surface area contributed by atoms with Crippen LogP contribution in [0.5, 0.6) is 0 Å². The lowest BCUT2D eigenvalue weighted by Crippen LogP contribution is -2.55. The molecule has 2 saturated carbocycles. The van der Waals surface area contributed by atoms with Crippen LogP contribution >= 0.6 is 0 Å². The normalized spacial score (nSPS) is 48.8. The highest BCUT2D eigenvalue weighted by Crippen LogP contribution is 2.63. The molecule has 1 nitrogen and oxygen atoms in total. The maximum Gasteiger partial charge on any atom is 0.0594 e. The van der Waals surface area contributed by atoms with E-state index in [9.17, 15) is 5.11 Å². The molecule has 2 fully saturated rings. The Balaban J connectivity index is 1.97. The van der Waals surface area contributed by atoms with Gasteiger partial charge in [-0.1, -0.05) is 45.4 Å². The third-order valence-electron chi connectivity index (χ3n) is 7.43. The molecular weight excluding hydrogens is 256 g/mol. The monoisotopic (exact) mass is 288 g/mol. The quantitative estimate of drug-likeness (QED) is 0.665. The van der Waals surface area contributed by atoms with E-state index < -0.39 is 0 Å². The van der Waals surface area contributed by atoms with Crippen LogP contribution in [0.2, 0.25) is 0 Å². The van der Waals surface area contributed by atoms with E-state index in [1.807, 2.05) is 0 Å². The fourth-order valence-corrected chi connectivity index (χ4v) is 5.90. The average molecular weight is 288 g/mol. The molecule has 0 aromatic heterocycles. The zero-order chi connectivity index (χ0) is 15.5. The van der Waals surface area contributed by atoms with E-state index in [1.165, 1.54) is 32.1 Å². The van der Waals surface area contributed by atoms with Gasteiger partial charge < -0.3 is 5.11 Å². The van der Waals surface area contributed by atoms with Crippen LogP contribution in [0.1, 0.15) is 66.2 Å². The number of hydrogen-bond acceptors (Lipinski definition) is 1. The van der Waals surface area contributed by atoms with Gasteiger partial charge in [-0.25, -0.2) is 0 Å². The Labute approximate surface area is 130 Å². The topological polar surface area (TPSA) is 20.2 Å². The number of aliphatic hydroxyl groups excluding tert-OH is 1. The van der Waals surface area contributed by atoms with Gasteiger partial charge in [0.25, 0.3) is 0 Å². The second kappa shape index (κ2) is 4.72. The SMILES string of the molecule is C=C[C@@]1(C)C=C2CC[C@H]3C(C)(C)[C@H](O)CC[C@]3(C)[C@H]2CC1. The van der Waals surface area contributed by atoms with Crippen LogP contribution in [-0.2, 0) is 0 Å². The van der Waals surface area contributed by atoms with E-state index in [-0.39, 0.29) is 16.9 Å². The molecule has 118 valence electrons. The predicted molar refractivity (Wildman–Crippen MR) is 89.0 cm³/mol. The van der Waals surface area contributed by atoms with Crippen LogP contribution in [0.15, 0.2) is 24.3 Å². The van der Waals surface area contributed by atoms with E-state index in [1.54, 1.807) is 5.57 Å². The maximum atomic E-state index is 10.5. The first kappa shape index (κ1) is 15.3. The first-order chi connectivity index (χ1) is 9.73. The Morgan fingerprint density at radius 3 is 2.52 bits per heavy atom. The molecule has 0 aromatic carbocycles. The fraction of sp³-hybridized carbons (Fsp3) is 0.800. The molecule has 0 aliphatic heterocycles. The van der Waals surface area contributed by atoms with Crippen molar-refractivity contribution in [2.24, 2.45) is 28.1 Å². The molecule has 3 aliphatic carbocycles. The summed E-state index contributed by atoms with van der Waals surface area (Å²) in [7, 11) is 0. The van der Waals surface area contributed by atoms with E-state index >= 15 is 0 Å². The predicted octanol–water partition coefficient (Wildman–Crippen LogP) is 5.11. The van der Waals surface area contributed by atoms with Crippen molar-refractivity contribution in [1.82, 2.24) is 0 Å². The molecule has 0 aromatic rings. The Kier molecular flexibility index (Phi) is 3.44. The lowest BCUT2D eigenvalue weighted by atomic mass is 9.45. The van der Waals surface area contributed by atoms with Gasteiger partial charge in [-0.2, -0.15) is 0 Å². The van der Waals surface area contributed by atoms with Gasteiger partial charge in [0, 0.05) is 5.41 Å². The zero-order valence-corrected chi connectivity index (χ0v) is 14.3. The van der Waals surface area contributed by atoms with Gasteiger partial charge in [0.1, 0.15) is 0 Å². The molecule has 0 radical (unpaired) electrons. The second-order valence-corrected chi connectivity index (χ2v) is 8.99. The van der Waals surface area contributed by atoms with Crippen LogP contribution in [0.25, 0.3) is 0 Å². The number of aliphatic hydroxyl groups is 1. The molecule has 0 heterocycles. The lowest BCUT2D eigenvalue weighted by molar-refractivity contribution is -0.127. The molecule has 0 bridgehead atoms. The summed E-state index contributed by atoms with van der Waals surface area (Å²) in [5.74, 6) is 1.39. The van der Waals surface area contributed by atoms with Crippen molar-refractivity contribution in [2.45, 2.75) is 72.3 Å². The summed E-state index contributed by atoms with van der Waals surface area (Å²) >= 11 is 0. The standard InChI is InChI=1S/C20H32O/c1-6-19(4)11-9-15-14(13-19)7-8-16-18(2,3)17(21)10-12-20(15,16)5/h6,13,15-17,21H,1,7-12H2,2-5H3/t15-,16-,17+,19+,20+/m0/s1. The molecule has 3 aliphatic rings. The third kappa shape index (κ3) is 2.15. The summed E-state index contributed by atoms with van der Waals surface area (Å²) in [5, 5.41) is 10.5. The van der Waals surface area contributed by atoms with E-state index in [2.05, 4.69) is 46.4 Å². The Bertz CT molecular complexity index is 474. The largest absolute Gasteiger partial charge is 0.393 e. The smallest absolute Gasteiger partial charge is 0.0594 e. The first-order valence-corrected chi connectivity index (χ1v) is 8.76. The maximum absolute atomic E-state index is 10.5. The Morgan fingerprint density at radius 2 is 1.86 bits per heavy atom. The fourth-order valence-electron chi connectivity index (χ4n) is 5.90. The number of fused-ring (bicyclic) bond motifs is 3. The minimum Gasteiger partial charge on any atom is -0.393 e. The number of allylic oxidation sites excluding steroid dienone is 3. The van der Waals surface area contributed by atoms with Crippen molar-refractivity contribution in [2.75, 3.05) is 0 Å². The van der Waals surface area contributed by atoms with Gasteiger partial charge in [0.2, 0.25) is 0 Å². The van der Waals surface area contributed by atoms with Crippen LogP contribution in [0.3, 0.4) is 0 Å². The average Bonchev–Trinajstić information content (AvgIpc) is 2.43. The highest BCUT2D eigenvalue weighted by molar-refractivity contribution is 5.26. The van der Waals surface area contributed by atoms with Crippen LogP contribution in [0, 0.1) is 28.1 Å². The van der Waals surface area contributed by atoms with Crippen molar-refractivity contribution < 1.29 is 5.11 Å². The molecule has 0 spiro atoms. The summed E-state index contributed by atoms with van der Waals surface area (Å²) in [6.07, 6.45) is 11.7. The summed E-state index contributed by atoms with van der Waals surface area (Å²) in [6, 6.07) is 0. The molecule has 1 heteroatoms. The van der Waals surface area contributed by atoms with Crippen molar-refractivity contribution in [3.05, 3.63) is 24.3 Å². The summed E-state index contributed by atoms with van der Waals surface area (Å²) < 4.78 is 0. The van der Waals surface area contributed by atoms with Gasteiger partial charge in [0.15, 0.2) is 0 Å². The van der Waals surface area contributed by atoms with Crippen LogP contribution in [0.4, 0.5) is 0 Å². The lowest BCUT2D eigenvalue weighted by Gasteiger charge is -2.60. The van der Waals surface area contributed by atoms with Gasteiger partial charge in [-0.05, 0) is 61.2 Å². The van der Waals surface area contributed by atoms with E-state index in [0.717, 1.165) is 12.3 Å². The summed E-state index contributed by atoms with van der Waals surface area (Å²) in [4.78, 5) is 0. The van der Waals surface area contributed by atoms with Crippen molar-refractivity contribution in [3.63, 3.8) is 0 Å². The van der Waals surface area contributed by atoms with Crippen molar-refractivity contribution in [3.8, 4) is 0 Å². The van der Waals surface area contributed by atoms with E-state index in [0.29, 0.717) is 11.3 Å². The van der Waals surface area contributed by atoms with Crippen LogP contribution in [-0.4, -0.2) is 11.2 Å². The van der Waals surface area contributed by atoms with Gasteiger partial charge >= 0.3 is 0 Å². The number of hydrogen-bond donors (Lipinski definition) is 1. The molecule has 21 heavy (non-hydrogen) atoms. The second-order valence-electron chi connectivity index (χ2n) is 8.99. The highest BCUT2D eigenvalue weighted by atomic mass is 16.3. The summed E-state index contributed by atoms with van der Waals surface area (Å²) in [5.41, 5.74) is 2.35. The molecular formula is C20H32O. The zero-order valence-electron chi connectivity index (χ0n) is 14.3. The summed E-state index contributed by atoms with van der Waals surface area (Å²) in [6.45, 7) is 13.5. The number of rotatable bonds is 1. The minimum atomic E-state index is -0.122. The molecule has 1 N–H and O–H groups in total. The van der Waals surface area contributed by atoms with Crippen molar-refractivity contribution in [1.29, 1.82) is 0 Å². The van der Waals surface area contributed by atoms with Crippen molar-refractivity contribution >= 4 is 0 Å². The minimum absolute atomic E-state index is 0.0672. The van der Waals surface area contributed by atoms with Gasteiger partial charge in [0.05, 0.1) is 6.10 Å². The van der Waals surface area contributed by atoms with Crippen LogP contribution < -0.4 is 0 Å². The molecule has 5 atom stereocenters. The molecule has 0 unspecified atom stereocenters. The molecule has 3 rings (SSSR count). The Hall–Kier alpha value is -0.560.